The molecule has 0 saturated heterocycles. The molecule has 0 aliphatic heterocycles. The smallest absolute Gasteiger partial charge is 0.407 e. The van der Waals surface area contributed by atoms with Crippen molar-refractivity contribution >= 4 is 29.7 Å². The number of unbranched alkanes of at least 4 members (excludes halogenated alkanes) is 1. The molecule has 0 bridgehead atoms. The SMILES string of the molecule is CCCCOC(=O)CCC(=O)[C@H](Cc1ccccc1)NC(=O)[C@H](CC(=O)NC(c1ccccc1)(c1ccccc1)c1ccccc1)NC(=O)OCC1c2ccccc2-c2ccccc21. The minimum atomic E-state index is -1.49. The second kappa shape index (κ2) is 21.6. The minimum Gasteiger partial charge on any atom is -0.466 e. The molecule has 0 saturated carbocycles. The summed E-state index contributed by atoms with van der Waals surface area (Å²) in [4.78, 5) is 69.6. The van der Waals surface area contributed by atoms with Crippen LogP contribution in [0.4, 0.5) is 4.79 Å². The number of nitrogens with one attached hydrogen (secondary N) is 3. The van der Waals surface area contributed by atoms with Crippen LogP contribution in [0.5, 0.6) is 0 Å². The maximum atomic E-state index is 14.7. The van der Waals surface area contributed by atoms with Gasteiger partial charge in [0.1, 0.15) is 18.2 Å². The molecular weight excluding hydrogens is 803 g/mol. The fourth-order valence-electron chi connectivity index (χ4n) is 8.39. The van der Waals surface area contributed by atoms with Gasteiger partial charge in [-0.25, -0.2) is 4.79 Å². The predicted octanol–water partition coefficient (Wildman–Crippen LogP) is 8.81. The normalized spacial score (nSPS) is 12.8. The van der Waals surface area contributed by atoms with E-state index in [0.29, 0.717) is 6.42 Å². The molecule has 10 heteroatoms. The van der Waals surface area contributed by atoms with Crippen LogP contribution in [0.25, 0.3) is 11.1 Å². The summed E-state index contributed by atoms with van der Waals surface area (Å²) in [5.74, 6) is -2.48. The van der Waals surface area contributed by atoms with Gasteiger partial charge in [0.05, 0.1) is 25.5 Å². The van der Waals surface area contributed by atoms with Crippen molar-refractivity contribution in [1.82, 2.24) is 16.0 Å². The zero-order valence-electron chi connectivity index (χ0n) is 35.9. The van der Waals surface area contributed by atoms with Crippen molar-refractivity contribution in [2.45, 2.75) is 69.0 Å². The Hall–Kier alpha value is -7.33. The number of hydrogen-bond acceptors (Lipinski definition) is 7. The monoisotopic (exact) mass is 855 g/mol. The molecule has 0 spiro atoms. The number of Topliss-reactive ketones (excluding diaryl/α,β-unsaturated/α-hetero) is 1. The number of benzene rings is 6. The molecule has 6 aromatic carbocycles. The lowest BCUT2D eigenvalue weighted by molar-refractivity contribution is -0.145. The Morgan fingerprint density at radius 1 is 0.578 bits per heavy atom. The van der Waals surface area contributed by atoms with Crippen molar-refractivity contribution in [1.29, 1.82) is 0 Å². The molecule has 0 fully saturated rings. The van der Waals surface area contributed by atoms with E-state index < -0.39 is 53.7 Å². The summed E-state index contributed by atoms with van der Waals surface area (Å²) in [6.45, 7) is 2.22. The highest BCUT2D eigenvalue weighted by atomic mass is 16.5. The van der Waals surface area contributed by atoms with Gasteiger partial charge in [-0.05, 0) is 57.3 Å². The number of rotatable bonds is 20. The van der Waals surface area contributed by atoms with Crippen LogP contribution in [0.2, 0.25) is 0 Å². The van der Waals surface area contributed by atoms with Crippen molar-refractivity contribution in [3.63, 3.8) is 0 Å². The second-order valence-electron chi connectivity index (χ2n) is 15.9. The number of amides is 3. The number of carbonyl (C=O) groups excluding carboxylic acids is 5. The fourth-order valence-corrected chi connectivity index (χ4v) is 8.39. The van der Waals surface area contributed by atoms with E-state index in [1.165, 1.54) is 0 Å². The zero-order chi connectivity index (χ0) is 44.7. The number of ether oxygens (including phenoxy) is 2. The Morgan fingerprint density at radius 2 is 1.08 bits per heavy atom. The van der Waals surface area contributed by atoms with Crippen LogP contribution in [0, 0.1) is 0 Å². The molecule has 0 heterocycles. The highest BCUT2D eigenvalue weighted by molar-refractivity contribution is 5.96. The molecule has 10 nitrogen and oxygen atoms in total. The van der Waals surface area contributed by atoms with Crippen molar-refractivity contribution in [3.05, 3.63) is 203 Å². The van der Waals surface area contributed by atoms with E-state index >= 15 is 0 Å². The van der Waals surface area contributed by atoms with E-state index in [9.17, 15) is 24.0 Å². The molecule has 3 N–H and O–H groups in total. The summed E-state index contributed by atoms with van der Waals surface area (Å²) in [6.07, 6.45) is -0.0844. The summed E-state index contributed by atoms with van der Waals surface area (Å²) in [6, 6.07) is 51.1. The fraction of sp³-hybridized carbons (Fsp3) is 0.241. The van der Waals surface area contributed by atoms with Crippen LogP contribution in [0.1, 0.15) is 78.3 Å². The number of hydrogen-bond donors (Lipinski definition) is 3. The van der Waals surface area contributed by atoms with Gasteiger partial charge in [0.15, 0.2) is 5.78 Å². The predicted molar refractivity (Wildman–Crippen MR) is 246 cm³/mol. The van der Waals surface area contributed by atoms with Gasteiger partial charge < -0.3 is 25.4 Å². The third-order valence-electron chi connectivity index (χ3n) is 11.6. The lowest BCUT2D eigenvalue weighted by atomic mass is 9.77. The van der Waals surface area contributed by atoms with E-state index in [-0.39, 0.29) is 38.4 Å². The lowest BCUT2D eigenvalue weighted by Crippen LogP contribution is -2.55. The molecule has 3 amide bonds. The first kappa shape index (κ1) is 44.7. The van der Waals surface area contributed by atoms with Gasteiger partial charge in [0, 0.05) is 12.3 Å². The van der Waals surface area contributed by atoms with E-state index in [4.69, 9.17) is 9.47 Å². The van der Waals surface area contributed by atoms with Crippen molar-refractivity contribution < 1.29 is 33.4 Å². The molecule has 1 aliphatic rings. The molecule has 6 aromatic rings. The maximum absolute atomic E-state index is 14.7. The largest absolute Gasteiger partial charge is 0.466 e. The van der Waals surface area contributed by atoms with E-state index in [1.807, 2.05) is 177 Å². The quantitative estimate of drug-likeness (QED) is 0.0396. The van der Waals surface area contributed by atoms with Crippen molar-refractivity contribution in [3.8, 4) is 11.1 Å². The molecule has 64 heavy (non-hydrogen) atoms. The Bertz CT molecular complexity index is 2370. The third-order valence-corrected chi connectivity index (χ3v) is 11.6. The average Bonchev–Trinajstić information content (AvgIpc) is 3.66. The van der Waals surface area contributed by atoms with E-state index in [0.717, 1.165) is 50.9 Å². The number of ketones is 1. The molecular formula is C54H53N3O7. The highest BCUT2D eigenvalue weighted by Crippen LogP contribution is 2.44. The van der Waals surface area contributed by atoms with Crippen LogP contribution in [0.3, 0.4) is 0 Å². The molecule has 0 unspecified atom stereocenters. The number of esters is 1. The first-order valence-corrected chi connectivity index (χ1v) is 21.9. The van der Waals surface area contributed by atoms with Gasteiger partial charge in [0.2, 0.25) is 11.8 Å². The molecule has 0 radical (unpaired) electrons. The molecule has 326 valence electrons. The van der Waals surface area contributed by atoms with Gasteiger partial charge in [0.25, 0.3) is 0 Å². The molecule has 2 atom stereocenters. The summed E-state index contributed by atoms with van der Waals surface area (Å²) in [5.41, 5.74) is 6.02. The van der Waals surface area contributed by atoms with Crippen molar-refractivity contribution in [2.24, 2.45) is 0 Å². The average molecular weight is 856 g/mol. The highest BCUT2D eigenvalue weighted by Gasteiger charge is 2.39. The number of alkyl carbamates (subject to hydrolysis) is 1. The van der Waals surface area contributed by atoms with Crippen LogP contribution < -0.4 is 16.0 Å². The Balaban J connectivity index is 1.17. The lowest BCUT2D eigenvalue weighted by Gasteiger charge is -2.37. The summed E-state index contributed by atoms with van der Waals surface area (Å²) in [5, 5.41) is 8.81. The maximum Gasteiger partial charge on any atom is 0.407 e. The minimum absolute atomic E-state index is 0.0248. The third kappa shape index (κ3) is 10.8. The summed E-state index contributed by atoms with van der Waals surface area (Å²) < 4.78 is 11.2. The number of carbonyl (C=O) groups is 5. The molecule has 0 aromatic heterocycles. The second-order valence-corrected chi connectivity index (χ2v) is 15.9. The Kier molecular flexibility index (Phi) is 15.1. The van der Waals surface area contributed by atoms with Gasteiger partial charge >= 0.3 is 12.1 Å². The standard InChI is InChI=1S/C54H53N3O7/c1-2-3-34-63-51(60)33-32-49(58)47(35-38-20-8-4-9-21-38)55-52(61)48(56-53(62)64-37-46-44-30-18-16-28-42(44)43-29-17-19-31-45(43)46)36-50(59)57-54(39-22-10-5-11-23-39,40-24-12-6-13-25-40)41-26-14-7-15-27-41/h4-31,46-48H,2-3,32-37H2,1H3,(H,55,61)(H,56,62)(H,57,59)/t47-,48-/m0/s1. The van der Waals surface area contributed by atoms with Crippen LogP contribution >= 0.6 is 0 Å². The Morgan fingerprint density at radius 3 is 1.61 bits per heavy atom. The first-order chi connectivity index (χ1) is 31.3. The van der Waals surface area contributed by atoms with Crippen molar-refractivity contribution in [2.75, 3.05) is 13.2 Å². The Labute approximate surface area is 374 Å². The van der Waals surface area contributed by atoms with Gasteiger partial charge in [-0.2, -0.15) is 0 Å². The summed E-state index contributed by atoms with van der Waals surface area (Å²) >= 11 is 0. The van der Waals surface area contributed by atoms with Gasteiger partial charge in [-0.3, -0.25) is 19.2 Å². The van der Waals surface area contributed by atoms with E-state index in [1.54, 1.807) is 0 Å². The first-order valence-electron chi connectivity index (χ1n) is 21.9. The zero-order valence-corrected chi connectivity index (χ0v) is 35.9. The molecule has 7 rings (SSSR count). The molecule has 1 aliphatic carbocycles. The summed E-state index contributed by atoms with van der Waals surface area (Å²) in [7, 11) is 0. The van der Waals surface area contributed by atoms with Gasteiger partial charge in [-0.1, -0.05) is 183 Å². The van der Waals surface area contributed by atoms with E-state index in [2.05, 4.69) is 16.0 Å². The number of fused-ring (bicyclic) bond motifs is 3. The topological polar surface area (TPSA) is 140 Å². The van der Waals surface area contributed by atoms with Crippen LogP contribution in [-0.4, -0.2) is 55.0 Å². The van der Waals surface area contributed by atoms with Crippen LogP contribution in [0.15, 0.2) is 170 Å². The van der Waals surface area contributed by atoms with Gasteiger partial charge in [-0.15, -0.1) is 0 Å². The van der Waals surface area contributed by atoms with Crippen LogP contribution in [-0.2, 0) is 40.6 Å².